The minimum atomic E-state index is -0.793. The van der Waals surface area contributed by atoms with Gasteiger partial charge in [-0.2, -0.15) is 10.5 Å². The minimum Gasteiger partial charge on any atom is -0.204 e. The van der Waals surface area contributed by atoms with Crippen LogP contribution in [0.2, 0.25) is 0 Å². The fourth-order valence-corrected chi connectivity index (χ4v) is 3.23. The second kappa shape index (κ2) is 6.63. The molecule has 1 aromatic rings. The highest BCUT2D eigenvalue weighted by Gasteiger charge is 2.24. The number of halogens is 2. The Bertz CT molecular complexity index is 496. The number of nitriles is 2. The number of thioether (sulfide) groups is 2. The number of benzene rings is 1. The predicted octanol–water partition coefficient (Wildman–Crippen LogP) is 3.93. The van der Waals surface area contributed by atoms with Crippen molar-refractivity contribution in [1.82, 2.24) is 0 Å². The molecular weight excluding hydrogens is 274 g/mol. The molecule has 0 fully saturated rings. The first-order valence-corrected chi connectivity index (χ1v) is 7.20. The third-order valence-corrected chi connectivity index (χ3v) is 4.15. The maximum absolute atomic E-state index is 14.1. The Balaban J connectivity index is 3.65. The summed E-state index contributed by atoms with van der Waals surface area (Å²) in [7, 11) is 0. The van der Waals surface area contributed by atoms with Crippen LogP contribution in [0.3, 0.4) is 0 Å². The van der Waals surface area contributed by atoms with E-state index >= 15 is 0 Å². The van der Waals surface area contributed by atoms with E-state index in [1.54, 1.807) is 12.1 Å². The quantitative estimate of drug-likeness (QED) is 0.786. The van der Waals surface area contributed by atoms with E-state index in [-0.39, 0.29) is 9.79 Å². The summed E-state index contributed by atoms with van der Waals surface area (Å²) in [5, 5.41) is 17.7. The van der Waals surface area contributed by atoms with E-state index in [9.17, 15) is 8.78 Å². The molecule has 94 valence electrons. The minimum absolute atomic E-state index is 0.123. The first kappa shape index (κ1) is 14.8. The van der Waals surface area contributed by atoms with Crippen LogP contribution in [0.4, 0.5) is 8.78 Å². The Hall–Kier alpha value is -1.24. The molecule has 0 unspecified atom stereocenters. The van der Waals surface area contributed by atoms with E-state index in [0.29, 0.717) is 11.5 Å². The van der Waals surface area contributed by atoms with Gasteiger partial charge in [0, 0.05) is 0 Å². The van der Waals surface area contributed by atoms with E-state index in [1.807, 2.05) is 13.8 Å². The summed E-state index contributed by atoms with van der Waals surface area (Å²) < 4.78 is 28.2. The van der Waals surface area contributed by atoms with Gasteiger partial charge in [-0.25, -0.2) is 8.78 Å². The van der Waals surface area contributed by atoms with Crippen molar-refractivity contribution in [1.29, 1.82) is 10.5 Å². The van der Waals surface area contributed by atoms with Crippen molar-refractivity contribution < 1.29 is 8.78 Å². The zero-order chi connectivity index (χ0) is 13.7. The lowest BCUT2D eigenvalue weighted by molar-refractivity contribution is 0.544. The summed E-state index contributed by atoms with van der Waals surface area (Å²) >= 11 is 2.27. The van der Waals surface area contributed by atoms with Crippen molar-refractivity contribution in [3.8, 4) is 12.1 Å². The number of nitrogens with zero attached hydrogens (tertiary/aromatic N) is 2. The second-order valence-corrected chi connectivity index (χ2v) is 5.67. The average Bonchev–Trinajstić information content (AvgIpc) is 2.37. The lowest BCUT2D eigenvalue weighted by atomic mass is 10.1. The van der Waals surface area contributed by atoms with Gasteiger partial charge in [0.1, 0.15) is 23.3 Å². The summed E-state index contributed by atoms with van der Waals surface area (Å²) in [4.78, 5) is 0.245. The van der Waals surface area contributed by atoms with E-state index in [0.717, 1.165) is 23.5 Å². The smallest absolute Gasteiger partial charge is 0.157 e. The molecule has 2 nitrogen and oxygen atoms in total. The van der Waals surface area contributed by atoms with Crippen LogP contribution in [-0.4, -0.2) is 11.5 Å². The topological polar surface area (TPSA) is 47.6 Å². The Morgan fingerprint density at radius 1 is 0.889 bits per heavy atom. The Labute approximate surface area is 113 Å². The van der Waals surface area contributed by atoms with Crippen molar-refractivity contribution in [2.75, 3.05) is 11.5 Å². The monoisotopic (exact) mass is 284 g/mol. The fraction of sp³-hybridized carbons (Fsp3) is 0.333. The van der Waals surface area contributed by atoms with Gasteiger partial charge in [0.05, 0.1) is 9.79 Å². The summed E-state index contributed by atoms with van der Waals surface area (Å²) in [6, 6.07) is 3.13. The number of hydrogen-bond donors (Lipinski definition) is 0. The summed E-state index contributed by atoms with van der Waals surface area (Å²) in [6.07, 6.45) is 0. The molecule has 0 saturated heterocycles. The largest absolute Gasteiger partial charge is 0.204 e. The first-order chi connectivity index (χ1) is 8.62. The Morgan fingerprint density at radius 2 is 1.22 bits per heavy atom. The second-order valence-electron chi connectivity index (χ2n) is 3.13. The van der Waals surface area contributed by atoms with Gasteiger partial charge < -0.3 is 0 Å². The van der Waals surface area contributed by atoms with E-state index in [2.05, 4.69) is 0 Å². The SMILES string of the molecule is CCSc1c(F)c(C#N)c(C#N)c(F)c1SCC. The molecular formula is C12H10F2N2S2. The number of rotatable bonds is 4. The van der Waals surface area contributed by atoms with Crippen LogP contribution in [0.25, 0.3) is 0 Å². The van der Waals surface area contributed by atoms with Crippen LogP contribution in [0.5, 0.6) is 0 Å². The summed E-state index contributed by atoms with van der Waals surface area (Å²) in [6.45, 7) is 3.62. The molecule has 0 spiro atoms. The molecule has 0 aliphatic carbocycles. The first-order valence-electron chi connectivity index (χ1n) is 5.22. The van der Waals surface area contributed by atoms with Gasteiger partial charge in [0.15, 0.2) is 11.6 Å². The van der Waals surface area contributed by atoms with E-state index in [4.69, 9.17) is 10.5 Å². The highest BCUT2D eigenvalue weighted by atomic mass is 32.2. The molecule has 0 amide bonds. The van der Waals surface area contributed by atoms with Crippen LogP contribution < -0.4 is 0 Å². The number of hydrogen-bond acceptors (Lipinski definition) is 4. The molecule has 1 aromatic carbocycles. The zero-order valence-corrected chi connectivity index (χ0v) is 11.5. The average molecular weight is 284 g/mol. The Morgan fingerprint density at radius 3 is 1.44 bits per heavy atom. The standard InChI is InChI=1S/C12H10F2N2S2/c1-3-17-11-9(13)7(5-15)8(6-16)10(14)12(11)18-4-2/h3-4H2,1-2H3. The molecule has 0 aliphatic heterocycles. The highest BCUT2D eigenvalue weighted by molar-refractivity contribution is 8.02. The van der Waals surface area contributed by atoms with Crippen LogP contribution in [0.15, 0.2) is 9.79 Å². The highest BCUT2D eigenvalue weighted by Crippen LogP contribution is 2.38. The van der Waals surface area contributed by atoms with Gasteiger partial charge >= 0.3 is 0 Å². The zero-order valence-electron chi connectivity index (χ0n) is 9.88. The third-order valence-electron chi connectivity index (χ3n) is 2.09. The van der Waals surface area contributed by atoms with E-state index < -0.39 is 22.8 Å². The van der Waals surface area contributed by atoms with Crippen LogP contribution in [-0.2, 0) is 0 Å². The van der Waals surface area contributed by atoms with Crippen molar-refractivity contribution in [2.45, 2.75) is 23.6 Å². The molecule has 0 radical (unpaired) electrons. The third kappa shape index (κ3) is 2.60. The predicted molar refractivity (Wildman–Crippen MR) is 68.6 cm³/mol. The molecule has 0 heterocycles. The molecule has 6 heteroatoms. The van der Waals surface area contributed by atoms with Crippen LogP contribution >= 0.6 is 23.5 Å². The molecule has 0 N–H and O–H groups in total. The molecule has 0 bridgehead atoms. The van der Waals surface area contributed by atoms with Gasteiger partial charge in [-0.1, -0.05) is 13.8 Å². The summed E-state index contributed by atoms with van der Waals surface area (Å²) in [5.41, 5.74) is -1.02. The Kier molecular flexibility index (Phi) is 5.46. The lowest BCUT2D eigenvalue weighted by Gasteiger charge is -2.12. The van der Waals surface area contributed by atoms with Crippen LogP contribution in [0.1, 0.15) is 25.0 Å². The van der Waals surface area contributed by atoms with Crippen molar-refractivity contribution in [3.63, 3.8) is 0 Å². The molecule has 0 aliphatic rings. The normalized spacial score (nSPS) is 9.89. The van der Waals surface area contributed by atoms with Crippen molar-refractivity contribution in [3.05, 3.63) is 22.8 Å². The summed E-state index contributed by atoms with van der Waals surface area (Å²) in [5.74, 6) is -0.467. The van der Waals surface area contributed by atoms with Crippen molar-refractivity contribution >= 4 is 23.5 Å². The van der Waals surface area contributed by atoms with Crippen molar-refractivity contribution in [2.24, 2.45) is 0 Å². The lowest BCUT2D eigenvalue weighted by Crippen LogP contribution is -2.01. The van der Waals surface area contributed by atoms with E-state index in [1.165, 1.54) is 0 Å². The van der Waals surface area contributed by atoms with Gasteiger partial charge in [0.25, 0.3) is 0 Å². The fourth-order valence-electron chi connectivity index (χ4n) is 1.40. The van der Waals surface area contributed by atoms with Gasteiger partial charge in [-0.3, -0.25) is 0 Å². The molecule has 0 saturated carbocycles. The maximum Gasteiger partial charge on any atom is 0.157 e. The molecule has 0 aromatic heterocycles. The van der Waals surface area contributed by atoms with Gasteiger partial charge in [0.2, 0.25) is 0 Å². The molecule has 18 heavy (non-hydrogen) atoms. The maximum atomic E-state index is 14.1. The van der Waals surface area contributed by atoms with Crippen LogP contribution in [0, 0.1) is 34.3 Å². The molecule has 1 rings (SSSR count). The van der Waals surface area contributed by atoms with Gasteiger partial charge in [-0.05, 0) is 11.5 Å². The molecule has 0 atom stereocenters. The van der Waals surface area contributed by atoms with Gasteiger partial charge in [-0.15, -0.1) is 23.5 Å².